The van der Waals surface area contributed by atoms with Crippen LogP contribution in [0.3, 0.4) is 0 Å². The van der Waals surface area contributed by atoms with E-state index in [9.17, 15) is 19.8 Å². The number of nitrogens with one attached hydrogen (secondary N) is 1. The molecule has 334 valence electrons. The molecule has 5 atom stereocenters. The number of aliphatic hydroxyl groups excluding tert-OH is 1. The summed E-state index contributed by atoms with van der Waals surface area (Å²) in [6.45, 7) is 11.6. The second-order valence-corrected chi connectivity index (χ2v) is 19.2. The number of hydrogen-bond acceptors (Lipinski definition) is 12. The third-order valence-electron chi connectivity index (χ3n) is 13.4. The molecule has 0 radical (unpaired) electrons. The van der Waals surface area contributed by atoms with Gasteiger partial charge >= 0.3 is 0 Å². The average molecular weight is 892 g/mol. The van der Waals surface area contributed by atoms with Crippen molar-refractivity contribution in [3.63, 3.8) is 0 Å². The van der Waals surface area contributed by atoms with Crippen molar-refractivity contribution in [3.8, 4) is 38.7 Å². The number of amides is 2. The molecule has 0 bridgehead atoms. The van der Waals surface area contributed by atoms with Gasteiger partial charge in [0.1, 0.15) is 40.5 Å². The molecule has 2 unspecified atom stereocenters. The van der Waals surface area contributed by atoms with E-state index in [1.54, 1.807) is 29.5 Å². The Bertz CT molecular complexity index is 2900. The van der Waals surface area contributed by atoms with Gasteiger partial charge in [0.15, 0.2) is 0 Å². The molecule has 3 N–H and O–H groups in total. The van der Waals surface area contributed by atoms with Crippen LogP contribution in [0.4, 0.5) is 5.82 Å². The fourth-order valence-corrected chi connectivity index (χ4v) is 10.6. The van der Waals surface area contributed by atoms with E-state index in [4.69, 9.17) is 9.51 Å². The number of nitrogens with zero attached hydrogens (tertiary/aromatic N) is 8. The number of pyridine rings is 1. The van der Waals surface area contributed by atoms with Gasteiger partial charge in [-0.2, -0.15) is 0 Å². The predicted molar refractivity (Wildman–Crippen MR) is 249 cm³/mol. The van der Waals surface area contributed by atoms with Gasteiger partial charge in [0.25, 0.3) is 0 Å². The average Bonchev–Trinajstić information content (AvgIpc) is 3.80. The van der Waals surface area contributed by atoms with E-state index in [2.05, 4.69) is 60.2 Å². The lowest BCUT2D eigenvalue weighted by molar-refractivity contribution is -0.141. The Morgan fingerprint density at radius 2 is 1.71 bits per heavy atom. The Labute approximate surface area is 381 Å². The zero-order chi connectivity index (χ0) is 45.1. The van der Waals surface area contributed by atoms with Crippen LogP contribution in [0, 0.1) is 19.8 Å². The van der Waals surface area contributed by atoms with Crippen LogP contribution in [-0.4, -0.2) is 88.6 Å². The molecule has 7 aromatic rings. The molecule has 65 heavy (non-hydrogen) atoms. The molecule has 10 rings (SSSR count). The quantitative estimate of drug-likeness (QED) is 0.107. The lowest BCUT2D eigenvalue weighted by atomic mass is 9.91. The first-order chi connectivity index (χ1) is 31.4. The minimum absolute atomic E-state index is 0.0534. The smallest absolute Gasteiger partial charge is 0.243 e. The maximum atomic E-state index is 14.4. The summed E-state index contributed by atoms with van der Waals surface area (Å²) >= 11 is 1.59. The van der Waals surface area contributed by atoms with Crippen molar-refractivity contribution < 1.29 is 24.3 Å². The summed E-state index contributed by atoms with van der Waals surface area (Å²) < 4.78 is 8.37. The zero-order valence-electron chi connectivity index (χ0n) is 37.2. The monoisotopic (exact) mass is 891 g/mol. The zero-order valence-corrected chi connectivity index (χ0v) is 38.0. The number of rotatable bonds is 12. The second-order valence-electron chi connectivity index (χ2n) is 18.3. The van der Waals surface area contributed by atoms with Gasteiger partial charge in [-0.1, -0.05) is 55.4 Å². The normalized spacial score (nSPS) is 19.6. The van der Waals surface area contributed by atoms with Gasteiger partial charge in [-0.3, -0.25) is 9.59 Å². The summed E-state index contributed by atoms with van der Waals surface area (Å²) in [6, 6.07) is 22.7. The largest absolute Gasteiger partial charge is 0.507 e. The minimum Gasteiger partial charge on any atom is -0.507 e. The van der Waals surface area contributed by atoms with Gasteiger partial charge in [-0.25, -0.2) is 9.97 Å². The van der Waals surface area contributed by atoms with Crippen LogP contribution in [0.2, 0.25) is 0 Å². The number of aromatic nitrogens is 6. The van der Waals surface area contributed by atoms with Gasteiger partial charge in [0.05, 0.1) is 39.4 Å². The molecule has 14 nitrogen and oxygen atoms in total. The topological polar surface area (TPSA) is 176 Å². The number of likely N-dealkylation sites (tertiary alicyclic amines) is 1. The van der Waals surface area contributed by atoms with Crippen LogP contribution in [0.5, 0.6) is 5.75 Å². The van der Waals surface area contributed by atoms with Gasteiger partial charge < -0.3 is 34.4 Å². The number of thiazole rings is 1. The van der Waals surface area contributed by atoms with E-state index in [0.717, 1.165) is 82.0 Å². The summed E-state index contributed by atoms with van der Waals surface area (Å²) in [5.74, 6) is 0.292. The number of carbonyl (C=O) groups excluding carboxylic acids is 2. The van der Waals surface area contributed by atoms with Crippen molar-refractivity contribution in [2.45, 2.75) is 96.4 Å². The predicted octanol–water partition coefficient (Wildman–Crippen LogP) is 8.50. The number of aryl methyl sites for hydroxylation is 2. The standard InChI is InChI=1S/C50H53N9O5S/c1-27(2)46(50(63)58-25-36(60)19-43(58)49(62)53-29(4)31-10-12-32(13-11-31)47-30(5)52-26-65-47)45-22-38(56-64-45)34-18-28(3)48(51-23-34)57-17-16-33(24-57)41-21-40-42(59(41)35-14-15-35)20-39(54-55-40)37-8-6-7-9-44(37)61/h6-13,18,20-23,26-27,29,33,35-36,43,46,60-61H,14-17,19,24-25H2,1-5H3,(H,53,62)/t29-,33-,36?,43?,46+/m0/s1. The molecule has 3 fully saturated rings. The molecular formula is C50H53N9O5S. The molecule has 0 spiro atoms. The summed E-state index contributed by atoms with van der Waals surface area (Å²) in [5.41, 5.74) is 11.7. The van der Waals surface area contributed by atoms with Crippen LogP contribution in [-0.2, 0) is 9.59 Å². The molecule has 2 aliphatic heterocycles. The SMILES string of the molecule is Cc1cc(-c2cc([C@H](C(=O)N3CC(O)CC3C(=O)N[C@@H](C)c3ccc(-c4scnc4C)cc3)C(C)C)on2)cnc1N1CC[C@H](c2cc3nnc(-c4ccccc4O)cc3n2C2CC2)C1. The number of hydrogen-bond donors (Lipinski definition) is 3. The number of phenolic OH excluding ortho intramolecular Hbond substituents is 1. The number of para-hydroxylation sites is 1. The highest BCUT2D eigenvalue weighted by Crippen LogP contribution is 2.44. The van der Waals surface area contributed by atoms with E-state index in [-0.39, 0.29) is 48.4 Å². The van der Waals surface area contributed by atoms with Crippen molar-refractivity contribution in [1.82, 2.24) is 40.1 Å². The van der Waals surface area contributed by atoms with Crippen LogP contribution in [0.15, 0.2) is 89.0 Å². The highest BCUT2D eigenvalue weighted by atomic mass is 32.1. The molecule has 2 aromatic carbocycles. The molecule has 7 heterocycles. The van der Waals surface area contributed by atoms with Crippen molar-refractivity contribution in [2.24, 2.45) is 5.92 Å². The lowest BCUT2D eigenvalue weighted by Crippen LogP contribution is -2.48. The summed E-state index contributed by atoms with van der Waals surface area (Å²) in [7, 11) is 0. The Morgan fingerprint density at radius 3 is 2.43 bits per heavy atom. The third kappa shape index (κ3) is 8.16. The number of aromatic hydroxyl groups is 1. The molecule has 2 saturated heterocycles. The first kappa shape index (κ1) is 42.5. The van der Waals surface area contributed by atoms with Gasteiger partial charge in [-0.15, -0.1) is 21.5 Å². The third-order valence-corrected chi connectivity index (χ3v) is 14.4. The summed E-state index contributed by atoms with van der Waals surface area (Å²) in [5, 5.41) is 37.9. The van der Waals surface area contributed by atoms with Crippen LogP contribution in [0.1, 0.15) is 98.6 Å². The maximum Gasteiger partial charge on any atom is 0.243 e. The van der Waals surface area contributed by atoms with Gasteiger partial charge in [0.2, 0.25) is 11.8 Å². The molecule has 2 amide bonds. The lowest BCUT2D eigenvalue weighted by Gasteiger charge is -2.29. The number of phenols is 1. The maximum absolute atomic E-state index is 14.4. The van der Waals surface area contributed by atoms with Crippen molar-refractivity contribution in [2.75, 3.05) is 24.5 Å². The highest BCUT2D eigenvalue weighted by molar-refractivity contribution is 7.13. The number of anilines is 1. The molecule has 1 saturated carbocycles. The van der Waals surface area contributed by atoms with Crippen LogP contribution < -0.4 is 10.2 Å². The fraction of sp³-hybridized carbons (Fsp3) is 0.380. The van der Waals surface area contributed by atoms with Gasteiger partial charge in [-0.05, 0) is 93.0 Å². The van der Waals surface area contributed by atoms with Crippen molar-refractivity contribution in [3.05, 3.63) is 113 Å². The number of carbonyl (C=O) groups is 2. The molecule has 3 aliphatic rings. The Kier molecular flexibility index (Phi) is 11.2. The Hall–Kier alpha value is -6.45. The Balaban J connectivity index is 0.821. The number of aliphatic hydroxyl groups is 1. The molecule has 15 heteroatoms. The van der Waals surface area contributed by atoms with E-state index in [1.807, 2.05) is 75.8 Å². The highest BCUT2D eigenvalue weighted by Gasteiger charge is 2.44. The molecule has 5 aromatic heterocycles. The number of benzene rings is 2. The molecular weight excluding hydrogens is 839 g/mol. The minimum atomic E-state index is -0.832. The summed E-state index contributed by atoms with van der Waals surface area (Å²) in [6.07, 6.45) is 4.36. The van der Waals surface area contributed by atoms with E-state index < -0.39 is 18.1 Å². The number of fused-ring (bicyclic) bond motifs is 1. The van der Waals surface area contributed by atoms with E-state index in [1.165, 1.54) is 10.6 Å². The van der Waals surface area contributed by atoms with Crippen LogP contribution in [0.25, 0.3) is 44.0 Å². The Morgan fingerprint density at radius 1 is 0.908 bits per heavy atom. The van der Waals surface area contributed by atoms with Crippen molar-refractivity contribution >= 4 is 40.0 Å². The van der Waals surface area contributed by atoms with Gasteiger partial charge in [0, 0.05) is 67.1 Å². The van der Waals surface area contributed by atoms with Crippen LogP contribution >= 0.6 is 11.3 Å². The first-order valence-corrected chi connectivity index (χ1v) is 23.4. The second kappa shape index (κ2) is 17.2. The summed E-state index contributed by atoms with van der Waals surface area (Å²) in [4.78, 5) is 42.5. The molecule has 1 aliphatic carbocycles. The van der Waals surface area contributed by atoms with E-state index in [0.29, 0.717) is 28.8 Å². The fourth-order valence-electron chi connectivity index (χ4n) is 9.83. The van der Waals surface area contributed by atoms with Crippen molar-refractivity contribution in [1.29, 1.82) is 0 Å². The first-order valence-electron chi connectivity index (χ1n) is 22.6. The number of β-amino-alcohol motifs (C(OH)–C–C–N with tert-alkyl or cyclic N) is 1. The van der Waals surface area contributed by atoms with E-state index >= 15 is 0 Å².